The van der Waals surface area contributed by atoms with Gasteiger partial charge >= 0.3 is 7.60 Å². The Bertz CT molecular complexity index is 295. The highest BCUT2D eigenvalue weighted by Crippen LogP contribution is 2.54. The van der Waals surface area contributed by atoms with Gasteiger partial charge in [0.2, 0.25) is 0 Å². The lowest BCUT2D eigenvalue weighted by atomic mass is 10.1. The molecule has 88 valence electrons. The quantitative estimate of drug-likeness (QED) is 0.414. The molecule has 0 saturated carbocycles. The molecule has 2 aliphatic rings. The van der Waals surface area contributed by atoms with Gasteiger partial charge in [-0.1, -0.05) is 0 Å². The molecule has 4 N–H and O–H groups in total. The molecule has 0 radical (unpaired) electrons. The average molecular weight is 240 g/mol. The van der Waals surface area contributed by atoms with Crippen LogP contribution in [0.3, 0.4) is 0 Å². The Morgan fingerprint density at radius 3 is 2.73 bits per heavy atom. The Hall–Kier alpha value is -0.0100. The van der Waals surface area contributed by atoms with Crippen molar-refractivity contribution in [2.45, 2.75) is 30.5 Å². The largest absolute Gasteiger partial charge is 0.394 e. The predicted molar refractivity (Wildman–Crippen MR) is 47.3 cm³/mol. The lowest BCUT2D eigenvalue weighted by molar-refractivity contribution is -0.0796. The topological polar surface area (TPSA) is 116 Å². The summed E-state index contributed by atoms with van der Waals surface area (Å²) in [6.45, 7) is -0.544. The smallest absolute Gasteiger partial charge is 0.331 e. The molecule has 2 saturated heterocycles. The summed E-state index contributed by atoms with van der Waals surface area (Å²) in [5.41, 5.74) is 0. The molecule has 0 bridgehead atoms. The number of ether oxygens (including phenoxy) is 1. The van der Waals surface area contributed by atoms with Crippen LogP contribution >= 0.6 is 7.60 Å². The first kappa shape index (κ1) is 11.5. The molecule has 7 nitrogen and oxygen atoms in total. The van der Waals surface area contributed by atoms with Crippen LogP contribution in [-0.2, 0) is 13.8 Å². The third-order valence-electron chi connectivity index (χ3n) is 2.63. The van der Waals surface area contributed by atoms with Crippen molar-refractivity contribution in [2.75, 3.05) is 12.8 Å². The number of hydrogen-bond donors (Lipinski definition) is 4. The average Bonchev–Trinajstić information content (AvgIpc) is 2.60. The molecule has 0 amide bonds. The summed E-state index contributed by atoms with van der Waals surface area (Å²) in [6, 6.07) is 0. The van der Waals surface area contributed by atoms with E-state index in [1.54, 1.807) is 0 Å². The normalized spacial score (nSPS) is 51.7. The highest BCUT2D eigenvalue weighted by atomic mass is 31.2. The summed E-state index contributed by atoms with van der Waals surface area (Å²) in [5, 5.41) is 27.6. The maximum absolute atomic E-state index is 11.1. The van der Waals surface area contributed by atoms with Gasteiger partial charge in [0, 0.05) is 0 Å². The van der Waals surface area contributed by atoms with Crippen LogP contribution in [0.25, 0.3) is 0 Å². The summed E-state index contributed by atoms with van der Waals surface area (Å²) in [6.07, 6.45) is -5.16. The van der Waals surface area contributed by atoms with E-state index in [1.807, 2.05) is 0 Å². The fourth-order valence-electron chi connectivity index (χ4n) is 1.93. The minimum absolute atomic E-state index is 0.191. The Morgan fingerprint density at radius 1 is 1.53 bits per heavy atom. The fourth-order valence-corrected chi connectivity index (χ4v) is 3.40. The number of rotatable bonds is 2. The van der Waals surface area contributed by atoms with Crippen LogP contribution < -0.4 is 0 Å². The van der Waals surface area contributed by atoms with Crippen molar-refractivity contribution >= 4 is 7.60 Å². The van der Waals surface area contributed by atoms with E-state index < -0.39 is 44.7 Å². The number of fused-ring (bicyclic) bond motifs is 1. The van der Waals surface area contributed by atoms with Crippen LogP contribution in [0.1, 0.15) is 0 Å². The Labute approximate surface area is 85.8 Å². The molecule has 15 heavy (non-hydrogen) atoms. The van der Waals surface area contributed by atoms with Gasteiger partial charge in [0.1, 0.15) is 24.4 Å². The van der Waals surface area contributed by atoms with Gasteiger partial charge < -0.3 is 24.9 Å². The second-order valence-electron chi connectivity index (χ2n) is 3.77. The van der Waals surface area contributed by atoms with Crippen molar-refractivity contribution in [1.82, 2.24) is 0 Å². The summed E-state index contributed by atoms with van der Waals surface area (Å²) in [5.74, 6) is 0. The van der Waals surface area contributed by atoms with Crippen LogP contribution in [0.5, 0.6) is 0 Å². The van der Waals surface area contributed by atoms with Crippen molar-refractivity contribution in [1.29, 1.82) is 0 Å². The van der Waals surface area contributed by atoms with E-state index in [0.29, 0.717) is 0 Å². The van der Waals surface area contributed by atoms with Gasteiger partial charge in [0.25, 0.3) is 0 Å². The standard InChI is InChI=1S/C7H13O7P/c8-1-3(9)6-5(10)7-4(13-6)2-15(11,12)14-7/h3-10H,1-2H2,(H,11,12)/t3-,4-,5+,6+,7+/m1/s1. The van der Waals surface area contributed by atoms with E-state index in [1.165, 1.54) is 0 Å². The first-order valence-electron chi connectivity index (χ1n) is 4.57. The Kier molecular flexibility index (Phi) is 2.89. The first-order chi connectivity index (χ1) is 6.94. The summed E-state index contributed by atoms with van der Waals surface area (Å²) < 4.78 is 21.1. The van der Waals surface area contributed by atoms with E-state index in [0.717, 1.165) is 0 Å². The highest BCUT2D eigenvalue weighted by molar-refractivity contribution is 7.53. The van der Waals surface area contributed by atoms with Crippen molar-refractivity contribution in [3.63, 3.8) is 0 Å². The number of aliphatic hydroxyl groups excluding tert-OH is 3. The van der Waals surface area contributed by atoms with Gasteiger partial charge in [-0.25, -0.2) is 0 Å². The van der Waals surface area contributed by atoms with E-state index in [4.69, 9.17) is 19.3 Å². The van der Waals surface area contributed by atoms with E-state index in [9.17, 15) is 14.8 Å². The van der Waals surface area contributed by atoms with E-state index in [-0.39, 0.29) is 6.16 Å². The third-order valence-corrected chi connectivity index (χ3v) is 4.03. The van der Waals surface area contributed by atoms with Crippen LogP contribution in [-0.4, -0.2) is 63.5 Å². The zero-order chi connectivity index (χ0) is 11.2. The van der Waals surface area contributed by atoms with Gasteiger partial charge in [-0.05, 0) is 0 Å². The Morgan fingerprint density at radius 2 is 2.20 bits per heavy atom. The van der Waals surface area contributed by atoms with Crippen LogP contribution in [0.4, 0.5) is 0 Å². The minimum Gasteiger partial charge on any atom is -0.394 e. The van der Waals surface area contributed by atoms with E-state index in [2.05, 4.69) is 0 Å². The molecular formula is C7H13O7P. The van der Waals surface area contributed by atoms with Crippen LogP contribution in [0.2, 0.25) is 0 Å². The lowest BCUT2D eigenvalue weighted by Gasteiger charge is -2.21. The molecule has 0 aromatic rings. The molecule has 0 spiro atoms. The second kappa shape index (κ2) is 3.78. The maximum Gasteiger partial charge on any atom is 0.331 e. The monoisotopic (exact) mass is 240 g/mol. The first-order valence-corrected chi connectivity index (χ1v) is 6.33. The SMILES string of the molecule is O=P1(O)C[C@H]2O[C@@H]([C@H](O)CO)[C@H](O)[C@H]2O1. The molecule has 1 unspecified atom stereocenters. The molecular weight excluding hydrogens is 227 g/mol. The predicted octanol–water partition coefficient (Wildman–Crippen LogP) is -1.95. The second-order valence-corrected chi connectivity index (χ2v) is 5.62. The van der Waals surface area contributed by atoms with Crippen LogP contribution in [0, 0.1) is 0 Å². The third kappa shape index (κ3) is 1.97. The molecule has 0 aliphatic carbocycles. The number of aliphatic hydroxyl groups is 3. The summed E-state index contributed by atoms with van der Waals surface area (Å²) in [4.78, 5) is 9.13. The lowest BCUT2D eigenvalue weighted by Crippen LogP contribution is -2.40. The molecule has 2 heterocycles. The van der Waals surface area contributed by atoms with Gasteiger partial charge in [-0.3, -0.25) is 9.09 Å². The molecule has 2 aliphatic heterocycles. The van der Waals surface area contributed by atoms with Crippen molar-refractivity contribution in [2.24, 2.45) is 0 Å². The maximum atomic E-state index is 11.1. The zero-order valence-electron chi connectivity index (χ0n) is 7.76. The van der Waals surface area contributed by atoms with Gasteiger partial charge in [0.05, 0.1) is 18.9 Å². The number of hydrogen-bond acceptors (Lipinski definition) is 6. The van der Waals surface area contributed by atoms with Gasteiger partial charge in [-0.15, -0.1) is 0 Å². The summed E-state index contributed by atoms with van der Waals surface area (Å²) >= 11 is 0. The van der Waals surface area contributed by atoms with Gasteiger partial charge in [0.15, 0.2) is 0 Å². The molecule has 8 heteroatoms. The highest BCUT2D eigenvalue weighted by Gasteiger charge is 2.55. The molecule has 0 aromatic heterocycles. The summed E-state index contributed by atoms with van der Waals surface area (Å²) in [7, 11) is -3.65. The van der Waals surface area contributed by atoms with Crippen molar-refractivity contribution < 1.29 is 34.0 Å². The minimum atomic E-state index is -3.65. The molecule has 6 atom stereocenters. The van der Waals surface area contributed by atoms with Gasteiger partial charge in [-0.2, -0.15) is 0 Å². The molecule has 2 fully saturated rings. The molecule has 0 aromatic carbocycles. The van der Waals surface area contributed by atoms with E-state index >= 15 is 0 Å². The van der Waals surface area contributed by atoms with Crippen molar-refractivity contribution in [3.8, 4) is 0 Å². The zero-order valence-corrected chi connectivity index (χ0v) is 8.66. The fraction of sp³-hybridized carbons (Fsp3) is 1.00. The van der Waals surface area contributed by atoms with Crippen molar-refractivity contribution in [3.05, 3.63) is 0 Å². The molecule has 2 rings (SSSR count). The van der Waals surface area contributed by atoms with Crippen LogP contribution in [0.15, 0.2) is 0 Å². The Balaban J connectivity index is 2.08.